The van der Waals surface area contributed by atoms with Crippen LogP contribution >= 0.6 is 0 Å². The average Bonchev–Trinajstić information content (AvgIpc) is 3.16. The third kappa shape index (κ3) is 5.34. The van der Waals surface area contributed by atoms with Gasteiger partial charge in [0, 0.05) is 0 Å². The number of allylic oxidation sites excluding steroid dienone is 5. The number of halogens is 2. The molecule has 0 amide bonds. The Bertz CT molecular complexity index is 1180. The maximum Gasteiger partial charge on any atom is -1.00 e. The Labute approximate surface area is 235 Å². The predicted octanol–water partition coefficient (Wildman–Crippen LogP) is 3.19. The Morgan fingerprint density at radius 1 is 0.886 bits per heavy atom. The van der Waals surface area contributed by atoms with Gasteiger partial charge in [-0.15, -0.1) is 0 Å². The number of fused-ring (bicyclic) bond motifs is 1. The van der Waals surface area contributed by atoms with Crippen LogP contribution in [0.4, 0.5) is 0 Å². The van der Waals surface area contributed by atoms with E-state index >= 15 is 0 Å². The summed E-state index contributed by atoms with van der Waals surface area (Å²) < 4.78 is 1.06. The van der Waals surface area contributed by atoms with Gasteiger partial charge in [0.25, 0.3) is 0 Å². The first-order valence-electron chi connectivity index (χ1n) is 12.5. The minimum atomic E-state index is -1.93. The van der Waals surface area contributed by atoms with Gasteiger partial charge >= 0.3 is 212 Å². The van der Waals surface area contributed by atoms with Crippen molar-refractivity contribution >= 4 is 12.0 Å². The molecule has 0 saturated carbocycles. The van der Waals surface area contributed by atoms with Crippen molar-refractivity contribution in [2.24, 2.45) is 0 Å². The fourth-order valence-electron chi connectivity index (χ4n) is 6.23. The summed E-state index contributed by atoms with van der Waals surface area (Å²) in [6, 6.07) is 16.4. The van der Waals surface area contributed by atoms with Crippen molar-refractivity contribution in [2.45, 2.75) is 80.6 Å². The van der Waals surface area contributed by atoms with Crippen LogP contribution < -0.4 is 24.8 Å². The third-order valence-corrected chi connectivity index (χ3v) is 31.9. The Balaban J connectivity index is 0.00000216. The van der Waals surface area contributed by atoms with Gasteiger partial charge in [-0.1, -0.05) is 0 Å². The molecule has 0 radical (unpaired) electrons. The molecule has 187 valence electrons. The third-order valence-electron chi connectivity index (χ3n) is 8.31. The van der Waals surface area contributed by atoms with E-state index in [4.69, 9.17) is 0 Å². The largest absolute Gasteiger partial charge is 1.00 e. The van der Waals surface area contributed by atoms with Gasteiger partial charge < -0.3 is 24.8 Å². The summed E-state index contributed by atoms with van der Waals surface area (Å²) in [6.45, 7) is 24.3. The zero-order valence-corrected chi connectivity index (χ0v) is 28.2. The second-order valence-electron chi connectivity index (χ2n) is 11.8. The molecule has 2 aromatic carbocycles. The van der Waals surface area contributed by atoms with E-state index in [1.165, 1.54) is 27.8 Å². The van der Waals surface area contributed by atoms with Crippen LogP contribution in [0.15, 0.2) is 70.8 Å². The molecule has 0 N–H and O–H groups in total. The Kier molecular flexibility index (Phi) is 9.59. The first-order valence-corrected chi connectivity index (χ1v) is 22.3. The SMILES string of the molecule is CC1=C[C](C)([Zr+2]([CH]2C(C)=Cc3c(-c4ccc(C(C)(C)C)cc4)cccc32)[SiH](C)C)C(C)=C1C.[Cl-].[Cl-]. The molecular formula is C31H41Cl2SiZr. The fraction of sp³-hybridized carbons (Fsp3) is 0.419. The Morgan fingerprint density at radius 2 is 1.49 bits per heavy atom. The zero-order chi connectivity index (χ0) is 24.3. The normalized spacial score (nSPS) is 21.3. The van der Waals surface area contributed by atoms with Crippen molar-refractivity contribution in [1.82, 2.24) is 0 Å². The van der Waals surface area contributed by atoms with Gasteiger partial charge in [0.15, 0.2) is 0 Å². The van der Waals surface area contributed by atoms with Crippen LogP contribution in [0, 0.1) is 0 Å². The predicted molar refractivity (Wildman–Crippen MR) is 146 cm³/mol. The molecule has 2 aromatic rings. The van der Waals surface area contributed by atoms with Crippen LogP contribution in [-0.2, 0) is 26.3 Å². The molecular weight excluding hydrogens is 563 g/mol. The molecule has 4 rings (SSSR count). The molecule has 2 aliphatic rings. The molecule has 2 atom stereocenters. The van der Waals surface area contributed by atoms with Crippen LogP contribution in [0.3, 0.4) is 0 Å². The smallest absolute Gasteiger partial charge is 1.00 e. The van der Waals surface area contributed by atoms with Crippen molar-refractivity contribution in [1.29, 1.82) is 0 Å². The first kappa shape index (κ1) is 30.6. The van der Waals surface area contributed by atoms with Crippen molar-refractivity contribution in [3.8, 4) is 11.1 Å². The van der Waals surface area contributed by atoms with E-state index in [1.54, 1.807) is 22.3 Å². The molecule has 0 fully saturated rings. The summed E-state index contributed by atoms with van der Waals surface area (Å²) in [7, 11) is 0. The van der Waals surface area contributed by atoms with Crippen molar-refractivity contribution in [2.75, 3.05) is 0 Å². The molecule has 0 bridgehead atoms. The van der Waals surface area contributed by atoms with E-state index in [0.717, 1.165) is 0 Å². The van der Waals surface area contributed by atoms with E-state index < -0.39 is 26.8 Å². The standard InChI is InChI=1S/C20H21.C9H13.C2H7Si.2ClH.Zr/c1-14-12-16-6-5-7-18(19(16)13-14)15-8-10-17(11-9-15)20(2,3)4;1-6-5-7(2)9(4)8(6)3;1-3-2;;;/h5-13H,1-4H3;5H,1-4H3;3H,1-2H3;2*1H;/q;;;;;+2/p-2. The molecule has 0 nitrogen and oxygen atoms in total. The van der Waals surface area contributed by atoms with Gasteiger partial charge in [-0.25, -0.2) is 0 Å². The number of benzene rings is 2. The summed E-state index contributed by atoms with van der Waals surface area (Å²) in [5.74, 6) is -0.788. The van der Waals surface area contributed by atoms with E-state index in [1.807, 2.05) is 0 Å². The summed E-state index contributed by atoms with van der Waals surface area (Å²) in [4.78, 5) is 0. The maximum atomic E-state index is 2.68. The van der Waals surface area contributed by atoms with Crippen molar-refractivity contribution in [3.05, 3.63) is 87.5 Å². The number of hydrogen-bond donors (Lipinski definition) is 0. The van der Waals surface area contributed by atoms with Crippen LogP contribution in [0.2, 0.25) is 16.2 Å². The molecule has 2 unspecified atom stereocenters. The summed E-state index contributed by atoms with van der Waals surface area (Å²) in [5, 5.41) is 0. The topological polar surface area (TPSA) is 0 Å². The molecule has 0 heterocycles. The van der Waals surface area contributed by atoms with E-state index in [-0.39, 0.29) is 30.2 Å². The molecule has 0 spiro atoms. The summed E-state index contributed by atoms with van der Waals surface area (Å²) >= 11 is -1.93. The maximum absolute atomic E-state index is 2.68. The molecule has 0 aromatic heterocycles. The molecule has 35 heavy (non-hydrogen) atoms. The average molecular weight is 604 g/mol. The molecule has 4 heteroatoms. The molecule has 0 saturated heterocycles. The minimum absolute atomic E-state index is 0. The van der Waals surface area contributed by atoms with E-state index in [2.05, 4.69) is 123 Å². The first-order chi connectivity index (χ1) is 15.4. The van der Waals surface area contributed by atoms with Gasteiger partial charge in [0.1, 0.15) is 0 Å². The van der Waals surface area contributed by atoms with Gasteiger partial charge in [-0.2, -0.15) is 0 Å². The second-order valence-corrected chi connectivity index (χ2v) is 32.6. The number of rotatable bonds is 4. The quantitative estimate of drug-likeness (QED) is 0.472. The van der Waals surface area contributed by atoms with Crippen LogP contribution in [0.5, 0.6) is 0 Å². The van der Waals surface area contributed by atoms with Gasteiger partial charge in [0.2, 0.25) is 0 Å². The van der Waals surface area contributed by atoms with Crippen molar-refractivity contribution in [3.63, 3.8) is 0 Å². The van der Waals surface area contributed by atoms with E-state index in [0.29, 0.717) is 6.75 Å². The van der Waals surface area contributed by atoms with Gasteiger partial charge in [-0.3, -0.25) is 0 Å². The Hall–Kier alpha value is -0.660. The van der Waals surface area contributed by atoms with Crippen LogP contribution in [0.25, 0.3) is 17.2 Å². The molecule has 2 aliphatic carbocycles. The van der Waals surface area contributed by atoms with E-state index in [9.17, 15) is 0 Å². The minimum Gasteiger partial charge on any atom is -1.00 e. The zero-order valence-electron chi connectivity index (χ0n) is 23.1. The van der Waals surface area contributed by atoms with Crippen LogP contribution in [-0.4, -0.2) is 5.92 Å². The number of hydrogen-bond acceptors (Lipinski definition) is 0. The monoisotopic (exact) mass is 601 g/mol. The second kappa shape index (κ2) is 11.0. The van der Waals surface area contributed by atoms with Crippen molar-refractivity contribution < 1.29 is 45.7 Å². The summed E-state index contributed by atoms with van der Waals surface area (Å²) in [5.41, 5.74) is 13.9. The van der Waals surface area contributed by atoms with Gasteiger partial charge in [-0.05, 0) is 0 Å². The van der Waals surface area contributed by atoms with Crippen LogP contribution in [0.1, 0.15) is 75.7 Å². The van der Waals surface area contributed by atoms with Gasteiger partial charge in [0.05, 0.1) is 0 Å². The fourth-order valence-corrected chi connectivity index (χ4v) is 33.0. The Morgan fingerprint density at radius 3 is 1.97 bits per heavy atom. The summed E-state index contributed by atoms with van der Waals surface area (Å²) in [6.07, 6.45) is 5.23. The molecule has 0 aliphatic heterocycles.